The maximum atomic E-state index is 4.88. The third-order valence-electron chi connectivity index (χ3n) is 7.83. The van der Waals surface area contributed by atoms with E-state index in [0.29, 0.717) is 23.7 Å². The molecule has 0 aliphatic carbocycles. The van der Waals surface area contributed by atoms with Gasteiger partial charge in [0, 0.05) is 35.9 Å². The fourth-order valence-corrected chi connectivity index (χ4v) is 5.77. The van der Waals surface area contributed by atoms with Gasteiger partial charge in [-0.15, -0.1) is 0 Å². The molecule has 40 heavy (non-hydrogen) atoms. The van der Waals surface area contributed by atoms with Crippen LogP contribution in [0.1, 0.15) is 101 Å². The van der Waals surface area contributed by atoms with E-state index in [1.165, 1.54) is 33.6 Å². The van der Waals surface area contributed by atoms with Crippen LogP contribution >= 0.6 is 0 Å². The highest BCUT2D eigenvalue weighted by molar-refractivity contribution is 5.70. The summed E-state index contributed by atoms with van der Waals surface area (Å²) in [5, 5.41) is 0. The molecule has 4 nitrogen and oxygen atoms in total. The van der Waals surface area contributed by atoms with E-state index in [9.17, 15) is 0 Å². The largest absolute Gasteiger partial charge is 0.299 e. The number of benzene rings is 3. The first kappa shape index (κ1) is 27.6. The lowest BCUT2D eigenvalue weighted by Crippen LogP contribution is -2.08. The van der Waals surface area contributed by atoms with Gasteiger partial charge in [0.1, 0.15) is 11.6 Å². The molecule has 2 heterocycles. The first-order chi connectivity index (χ1) is 19.2. The van der Waals surface area contributed by atoms with E-state index in [1.807, 2.05) is 12.4 Å². The summed E-state index contributed by atoms with van der Waals surface area (Å²) in [6.45, 7) is 18.1. The van der Waals surface area contributed by atoms with Gasteiger partial charge in [0.05, 0.1) is 11.4 Å². The van der Waals surface area contributed by atoms with Crippen molar-refractivity contribution in [2.24, 2.45) is 0 Å². The zero-order valence-electron chi connectivity index (χ0n) is 25.2. The number of aromatic nitrogens is 4. The summed E-state index contributed by atoms with van der Waals surface area (Å²) in [7, 11) is 0. The monoisotopic (exact) mass is 530 g/mol. The highest BCUT2D eigenvalue weighted by atomic mass is 15.1. The van der Waals surface area contributed by atoms with Crippen molar-refractivity contribution in [3.05, 3.63) is 108 Å². The molecule has 2 aromatic heterocycles. The lowest BCUT2D eigenvalue weighted by atomic mass is 9.92. The maximum absolute atomic E-state index is 4.88. The molecule has 0 unspecified atom stereocenters. The molecule has 0 bridgehead atoms. The number of hydrogen-bond donors (Lipinski definition) is 0. The average Bonchev–Trinajstić information content (AvgIpc) is 3.62. The Labute approximate surface area is 239 Å². The number of imidazole rings is 2. The van der Waals surface area contributed by atoms with Gasteiger partial charge in [-0.2, -0.15) is 0 Å². The van der Waals surface area contributed by atoms with E-state index >= 15 is 0 Å². The van der Waals surface area contributed by atoms with Crippen LogP contribution in [0.5, 0.6) is 0 Å². The number of rotatable bonds is 8. The van der Waals surface area contributed by atoms with Crippen molar-refractivity contribution in [1.29, 1.82) is 0 Å². The molecule has 5 aromatic rings. The quantitative estimate of drug-likeness (QED) is 0.200. The summed E-state index contributed by atoms with van der Waals surface area (Å²) in [4.78, 5) is 9.75. The van der Waals surface area contributed by atoms with E-state index in [4.69, 9.17) is 9.97 Å². The second kappa shape index (κ2) is 11.3. The van der Waals surface area contributed by atoms with Crippen molar-refractivity contribution < 1.29 is 0 Å². The van der Waals surface area contributed by atoms with Gasteiger partial charge in [0.25, 0.3) is 0 Å². The Morgan fingerprint density at radius 2 is 0.800 bits per heavy atom. The summed E-state index contributed by atoms with van der Waals surface area (Å²) in [6.07, 6.45) is 8.03. The molecule has 0 saturated carbocycles. The van der Waals surface area contributed by atoms with Gasteiger partial charge >= 0.3 is 0 Å². The minimum atomic E-state index is 0.402. The molecule has 4 heteroatoms. The minimum absolute atomic E-state index is 0.402. The molecule has 0 amide bonds. The van der Waals surface area contributed by atoms with E-state index in [2.05, 4.69) is 138 Å². The lowest BCUT2D eigenvalue weighted by molar-refractivity contribution is 0.806. The van der Waals surface area contributed by atoms with Crippen LogP contribution in [-0.2, 0) is 0 Å². The zero-order valence-corrected chi connectivity index (χ0v) is 25.2. The van der Waals surface area contributed by atoms with E-state index < -0.39 is 0 Å². The van der Waals surface area contributed by atoms with E-state index in [-0.39, 0.29) is 0 Å². The number of nitrogens with zero attached hydrogens (tertiary/aromatic N) is 4. The molecule has 206 valence electrons. The fraction of sp³-hybridized carbons (Fsp3) is 0.333. The van der Waals surface area contributed by atoms with Crippen LogP contribution in [-0.4, -0.2) is 19.1 Å². The van der Waals surface area contributed by atoms with Gasteiger partial charge in [-0.1, -0.05) is 110 Å². The van der Waals surface area contributed by atoms with E-state index in [0.717, 1.165) is 22.8 Å². The summed E-state index contributed by atoms with van der Waals surface area (Å²) in [5.41, 5.74) is 10.00. The summed E-state index contributed by atoms with van der Waals surface area (Å²) < 4.78 is 4.56. The Balaban J connectivity index is 1.66. The molecule has 5 rings (SSSR count). The molecule has 0 fully saturated rings. The second-order valence-corrected chi connectivity index (χ2v) is 12.0. The Hall–Kier alpha value is -3.92. The molecular formula is C36H42N4. The first-order valence-electron chi connectivity index (χ1n) is 14.6. The molecular weight excluding hydrogens is 488 g/mol. The van der Waals surface area contributed by atoms with Crippen LogP contribution in [0.2, 0.25) is 0 Å². The van der Waals surface area contributed by atoms with Crippen LogP contribution in [0.4, 0.5) is 0 Å². The molecule has 3 aromatic carbocycles. The van der Waals surface area contributed by atoms with Gasteiger partial charge in [0.2, 0.25) is 0 Å². The van der Waals surface area contributed by atoms with Gasteiger partial charge in [0.15, 0.2) is 0 Å². The predicted octanol–water partition coefficient (Wildman–Crippen LogP) is 9.89. The summed E-state index contributed by atoms with van der Waals surface area (Å²) in [6, 6.07) is 22.0. The van der Waals surface area contributed by atoms with E-state index in [1.54, 1.807) is 0 Å². The molecule has 0 aliphatic rings. The van der Waals surface area contributed by atoms with Crippen molar-refractivity contribution in [2.45, 2.75) is 79.1 Å². The minimum Gasteiger partial charge on any atom is -0.299 e. The van der Waals surface area contributed by atoms with Gasteiger partial charge in [-0.3, -0.25) is 9.13 Å². The average molecular weight is 531 g/mol. The third kappa shape index (κ3) is 5.03. The fourth-order valence-electron chi connectivity index (χ4n) is 5.77. The van der Waals surface area contributed by atoms with Crippen molar-refractivity contribution >= 4 is 0 Å². The molecule has 0 atom stereocenters. The highest BCUT2D eigenvalue weighted by Gasteiger charge is 2.21. The van der Waals surface area contributed by atoms with Crippen molar-refractivity contribution in [1.82, 2.24) is 19.1 Å². The Morgan fingerprint density at radius 3 is 1.12 bits per heavy atom. The second-order valence-electron chi connectivity index (χ2n) is 12.0. The van der Waals surface area contributed by atoms with Gasteiger partial charge < -0.3 is 0 Å². The molecule has 0 spiro atoms. The number of hydrogen-bond acceptors (Lipinski definition) is 2. The Kier molecular flexibility index (Phi) is 7.80. The molecule has 0 aliphatic heterocycles. The van der Waals surface area contributed by atoms with Crippen LogP contribution in [0.15, 0.2) is 85.5 Å². The van der Waals surface area contributed by atoms with Crippen LogP contribution in [0.25, 0.3) is 34.2 Å². The van der Waals surface area contributed by atoms with Gasteiger partial charge in [-0.05, 0) is 52.0 Å². The van der Waals surface area contributed by atoms with Gasteiger partial charge in [-0.25, -0.2) is 9.97 Å². The van der Waals surface area contributed by atoms with Crippen LogP contribution in [0.3, 0.4) is 0 Å². The normalized spacial score (nSPS) is 11.9. The zero-order chi connectivity index (χ0) is 28.6. The third-order valence-corrected chi connectivity index (χ3v) is 7.83. The van der Waals surface area contributed by atoms with Crippen molar-refractivity contribution in [3.8, 4) is 34.2 Å². The lowest BCUT2D eigenvalue weighted by Gasteiger charge is -2.22. The first-order valence-corrected chi connectivity index (χ1v) is 14.6. The summed E-state index contributed by atoms with van der Waals surface area (Å²) >= 11 is 0. The highest BCUT2D eigenvalue weighted by Crippen LogP contribution is 2.36. The Morgan fingerprint density at radius 1 is 0.475 bits per heavy atom. The standard InChI is InChI=1S/C36H42N4/c1-23(2)29-14-10-15-30(24(3)4)33(29)39-20-18-37-35(39)27-12-9-13-28(22-27)36-38-19-21-40(36)34-31(25(5)6)16-11-17-32(34)26(7)8/h9-26H,1-8H3. The smallest absolute Gasteiger partial charge is 0.144 e. The van der Waals surface area contributed by atoms with Crippen LogP contribution < -0.4 is 0 Å². The number of para-hydroxylation sites is 2. The molecule has 0 N–H and O–H groups in total. The maximum Gasteiger partial charge on any atom is 0.144 e. The predicted molar refractivity (Wildman–Crippen MR) is 168 cm³/mol. The SMILES string of the molecule is CC(C)c1cccc(C(C)C)c1-n1ccnc1-c1cccc(-c2nccn2-c2c(C(C)C)cccc2C(C)C)c1. The van der Waals surface area contributed by atoms with Crippen molar-refractivity contribution in [3.63, 3.8) is 0 Å². The molecule has 0 radical (unpaired) electrons. The Bertz CT molecular complexity index is 1440. The topological polar surface area (TPSA) is 35.6 Å². The van der Waals surface area contributed by atoms with Crippen LogP contribution in [0, 0.1) is 0 Å². The van der Waals surface area contributed by atoms with Crippen molar-refractivity contribution in [2.75, 3.05) is 0 Å². The summed E-state index contributed by atoms with van der Waals surface area (Å²) in [5.74, 6) is 3.50. The molecule has 0 saturated heterocycles.